The number of aromatic amines is 1. The third kappa shape index (κ3) is 3.25. The molecule has 32 heavy (non-hydrogen) atoms. The minimum Gasteiger partial charge on any atom is -0.368 e. The zero-order valence-corrected chi connectivity index (χ0v) is 16.6. The summed E-state index contributed by atoms with van der Waals surface area (Å²) in [6, 6.07) is 11.6. The highest BCUT2D eigenvalue weighted by Gasteiger charge is 2.34. The average molecular weight is 436 g/mol. The van der Waals surface area contributed by atoms with E-state index in [1.54, 1.807) is 42.7 Å². The number of hydrogen-bond acceptors (Lipinski definition) is 5. The first-order valence-corrected chi connectivity index (χ1v) is 9.53. The third-order valence-corrected chi connectivity index (χ3v) is 5.20. The molecule has 0 spiro atoms. The maximum atomic E-state index is 13.4. The van der Waals surface area contributed by atoms with E-state index in [4.69, 9.17) is 5.73 Å². The lowest BCUT2D eigenvalue weighted by Gasteiger charge is -2.12. The second-order valence-corrected chi connectivity index (χ2v) is 7.34. The zero-order chi connectivity index (χ0) is 22.6. The molecule has 10 heteroatoms. The number of nitrogens with one attached hydrogen (secondary N) is 1. The van der Waals surface area contributed by atoms with Crippen LogP contribution >= 0.6 is 0 Å². The van der Waals surface area contributed by atoms with E-state index in [9.17, 15) is 18.0 Å². The summed E-state index contributed by atoms with van der Waals surface area (Å²) in [4.78, 5) is 27.4. The summed E-state index contributed by atoms with van der Waals surface area (Å²) in [7, 11) is 0. The van der Waals surface area contributed by atoms with Crippen LogP contribution in [0.25, 0.3) is 38.8 Å². The van der Waals surface area contributed by atoms with Gasteiger partial charge >= 0.3 is 6.18 Å². The van der Waals surface area contributed by atoms with Crippen molar-refractivity contribution >= 4 is 27.9 Å². The highest BCUT2D eigenvalue weighted by atomic mass is 19.4. The Hall–Kier alpha value is -4.21. The van der Waals surface area contributed by atoms with Crippen LogP contribution in [0.2, 0.25) is 0 Å². The molecule has 0 aliphatic carbocycles. The van der Waals surface area contributed by atoms with E-state index < -0.39 is 12.0 Å². The Balaban J connectivity index is 1.65. The van der Waals surface area contributed by atoms with Crippen LogP contribution < -0.4 is 11.3 Å². The molecule has 0 amide bonds. The maximum Gasteiger partial charge on any atom is 0.449 e. The molecule has 0 saturated carbocycles. The van der Waals surface area contributed by atoms with E-state index in [-0.39, 0.29) is 22.5 Å². The van der Waals surface area contributed by atoms with Crippen LogP contribution in [0, 0.1) is 6.92 Å². The van der Waals surface area contributed by atoms with E-state index in [0.717, 1.165) is 10.9 Å². The molecule has 0 bridgehead atoms. The Morgan fingerprint density at radius 1 is 1.03 bits per heavy atom. The summed E-state index contributed by atoms with van der Waals surface area (Å²) in [6.07, 6.45) is -1.41. The monoisotopic (exact) mass is 436 g/mol. The lowest BCUT2D eigenvalue weighted by molar-refractivity contribution is -0.144. The molecule has 7 nitrogen and oxygen atoms in total. The summed E-state index contributed by atoms with van der Waals surface area (Å²) in [5, 5.41) is 0.725. The molecule has 0 aliphatic rings. The molecule has 3 aromatic heterocycles. The second-order valence-electron chi connectivity index (χ2n) is 7.34. The molecular weight excluding hydrogens is 421 g/mol. The van der Waals surface area contributed by atoms with Crippen molar-refractivity contribution in [3.8, 4) is 16.8 Å². The van der Waals surface area contributed by atoms with Crippen LogP contribution in [0.4, 0.5) is 19.1 Å². The van der Waals surface area contributed by atoms with Gasteiger partial charge in [0.1, 0.15) is 0 Å². The molecular formula is C22H15F3N6O. The summed E-state index contributed by atoms with van der Waals surface area (Å²) in [6.45, 7) is 1.82. The second kappa shape index (κ2) is 6.91. The third-order valence-electron chi connectivity index (χ3n) is 5.20. The number of aromatic nitrogens is 5. The molecule has 3 N–H and O–H groups in total. The number of imidazole rings is 1. The topological polar surface area (TPSA) is 102 Å². The molecule has 0 unspecified atom stereocenters. The summed E-state index contributed by atoms with van der Waals surface area (Å²) >= 11 is 0. The van der Waals surface area contributed by atoms with Gasteiger partial charge in [0.05, 0.1) is 27.8 Å². The Labute approximate surface area is 178 Å². The van der Waals surface area contributed by atoms with Crippen molar-refractivity contribution in [3.63, 3.8) is 0 Å². The summed E-state index contributed by atoms with van der Waals surface area (Å²) in [5.41, 5.74) is 8.60. The van der Waals surface area contributed by atoms with Gasteiger partial charge in [-0.3, -0.25) is 9.36 Å². The van der Waals surface area contributed by atoms with Gasteiger partial charge in [-0.1, -0.05) is 6.07 Å². The van der Waals surface area contributed by atoms with Crippen LogP contribution in [0.3, 0.4) is 0 Å². The minimum absolute atomic E-state index is 0.115. The number of aryl methyl sites for hydroxylation is 1. The standard InChI is InChI=1S/C22H15F3N6O/c1-11-6-7-31(14-3-5-16-17(9-14)29-20(28-16)22(23,24)25)19(32)18(11)12-2-4-15-13(8-12)10-27-21(26)30-15/h2-10H,1H3,(H,28,29)(H2,26,27,30). The van der Waals surface area contributed by atoms with Gasteiger partial charge in [0.25, 0.3) is 5.56 Å². The lowest BCUT2D eigenvalue weighted by atomic mass is 10.0. The smallest absolute Gasteiger partial charge is 0.368 e. The Kier molecular flexibility index (Phi) is 4.26. The molecule has 2 aromatic carbocycles. The van der Waals surface area contributed by atoms with E-state index in [1.165, 1.54) is 16.7 Å². The van der Waals surface area contributed by atoms with E-state index in [2.05, 4.69) is 19.9 Å². The molecule has 3 heterocycles. The SMILES string of the molecule is Cc1ccn(-c2ccc3[nH]c(C(F)(F)F)nc3c2)c(=O)c1-c1ccc2nc(N)ncc2c1. The number of H-pyrrole nitrogens is 1. The van der Waals surface area contributed by atoms with E-state index in [1.807, 2.05) is 6.92 Å². The van der Waals surface area contributed by atoms with Crippen LogP contribution in [0.1, 0.15) is 11.4 Å². The van der Waals surface area contributed by atoms with E-state index in [0.29, 0.717) is 22.3 Å². The van der Waals surface area contributed by atoms with Crippen LogP contribution in [0.15, 0.2) is 59.7 Å². The summed E-state index contributed by atoms with van der Waals surface area (Å²) < 4.78 is 40.3. The Morgan fingerprint density at radius 2 is 1.84 bits per heavy atom. The van der Waals surface area contributed by atoms with Crippen molar-refractivity contribution in [2.24, 2.45) is 0 Å². The largest absolute Gasteiger partial charge is 0.449 e. The van der Waals surface area contributed by atoms with Crippen LogP contribution in [0.5, 0.6) is 0 Å². The first-order valence-electron chi connectivity index (χ1n) is 9.53. The fraction of sp³-hybridized carbons (Fsp3) is 0.0909. The highest BCUT2D eigenvalue weighted by molar-refractivity contribution is 5.85. The lowest BCUT2D eigenvalue weighted by Crippen LogP contribution is -2.20. The molecule has 0 radical (unpaired) electrons. The summed E-state index contributed by atoms with van der Waals surface area (Å²) in [5.74, 6) is -0.924. The predicted octanol–water partition coefficient (Wildman–Crippen LogP) is 4.23. The molecule has 5 aromatic rings. The Morgan fingerprint density at radius 3 is 2.62 bits per heavy atom. The minimum atomic E-state index is -4.59. The molecule has 5 rings (SSSR count). The number of nitrogen functional groups attached to an aromatic ring is 1. The van der Waals surface area contributed by atoms with Crippen molar-refractivity contribution in [2.75, 3.05) is 5.73 Å². The first-order chi connectivity index (χ1) is 15.2. The molecule has 160 valence electrons. The molecule has 0 saturated heterocycles. The average Bonchev–Trinajstić information content (AvgIpc) is 3.18. The number of alkyl halides is 3. The van der Waals surface area contributed by atoms with Crippen molar-refractivity contribution < 1.29 is 13.2 Å². The fourth-order valence-corrected chi connectivity index (χ4v) is 3.66. The molecule has 0 aliphatic heterocycles. The zero-order valence-electron chi connectivity index (χ0n) is 16.6. The van der Waals surface area contributed by atoms with Gasteiger partial charge in [0.15, 0.2) is 0 Å². The number of nitrogens with two attached hydrogens (primary N) is 1. The van der Waals surface area contributed by atoms with Gasteiger partial charge in [0, 0.05) is 17.8 Å². The maximum absolute atomic E-state index is 13.4. The number of hydrogen-bond donors (Lipinski definition) is 2. The molecule has 0 fully saturated rings. The van der Waals surface area contributed by atoms with Gasteiger partial charge in [-0.2, -0.15) is 13.2 Å². The molecule has 0 atom stereocenters. The highest BCUT2D eigenvalue weighted by Crippen LogP contribution is 2.29. The van der Waals surface area contributed by atoms with Gasteiger partial charge in [-0.15, -0.1) is 0 Å². The number of pyridine rings is 1. The number of anilines is 1. The van der Waals surface area contributed by atoms with E-state index >= 15 is 0 Å². The Bertz CT molecular complexity index is 1570. The number of fused-ring (bicyclic) bond motifs is 2. The number of benzene rings is 2. The normalized spacial score (nSPS) is 12.0. The van der Waals surface area contributed by atoms with Gasteiger partial charge in [0.2, 0.25) is 11.8 Å². The first kappa shape index (κ1) is 19.7. The quantitative estimate of drug-likeness (QED) is 0.431. The van der Waals surface area contributed by atoms with Crippen molar-refractivity contribution in [2.45, 2.75) is 13.1 Å². The van der Waals surface area contributed by atoms with Crippen molar-refractivity contribution in [3.05, 3.63) is 76.6 Å². The van der Waals surface area contributed by atoms with Gasteiger partial charge in [-0.05, 0) is 54.4 Å². The number of rotatable bonds is 2. The van der Waals surface area contributed by atoms with Crippen LogP contribution in [-0.2, 0) is 6.18 Å². The van der Waals surface area contributed by atoms with Gasteiger partial charge in [-0.25, -0.2) is 15.0 Å². The fourth-order valence-electron chi connectivity index (χ4n) is 3.66. The number of nitrogens with zero attached hydrogens (tertiary/aromatic N) is 4. The van der Waals surface area contributed by atoms with Crippen LogP contribution in [-0.4, -0.2) is 24.5 Å². The van der Waals surface area contributed by atoms with Gasteiger partial charge < -0.3 is 10.7 Å². The number of halogens is 3. The predicted molar refractivity (Wildman–Crippen MR) is 114 cm³/mol. The van der Waals surface area contributed by atoms with Crippen molar-refractivity contribution in [1.29, 1.82) is 0 Å². The van der Waals surface area contributed by atoms with Crippen molar-refractivity contribution in [1.82, 2.24) is 24.5 Å².